The van der Waals surface area contributed by atoms with Crippen LogP contribution in [-0.2, 0) is 4.79 Å². The van der Waals surface area contributed by atoms with Crippen molar-refractivity contribution < 1.29 is 9.90 Å². The molecule has 0 bridgehead atoms. The van der Waals surface area contributed by atoms with Gasteiger partial charge in [-0.05, 0) is 25.2 Å². The number of nitrogens with two attached hydrogens (primary N) is 1. The average molecular weight is 244 g/mol. The van der Waals surface area contributed by atoms with E-state index in [0.29, 0.717) is 18.8 Å². The molecule has 0 saturated carbocycles. The molecule has 1 amide bonds. The van der Waals surface area contributed by atoms with Gasteiger partial charge in [-0.3, -0.25) is 4.79 Å². The number of nitrogens with one attached hydrogen (secondary N) is 1. The molecule has 4 heteroatoms. The van der Waals surface area contributed by atoms with Crippen LogP contribution in [0.1, 0.15) is 47.5 Å². The van der Waals surface area contributed by atoms with Gasteiger partial charge in [-0.2, -0.15) is 0 Å². The summed E-state index contributed by atoms with van der Waals surface area (Å²) >= 11 is 0. The second-order valence-electron chi connectivity index (χ2n) is 5.98. The van der Waals surface area contributed by atoms with Crippen LogP contribution in [-0.4, -0.2) is 29.2 Å². The Morgan fingerprint density at radius 2 is 1.88 bits per heavy atom. The maximum Gasteiger partial charge on any atom is 0.221 e. The van der Waals surface area contributed by atoms with Gasteiger partial charge < -0.3 is 16.2 Å². The Bertz CT molecular complexity index is 238. The summed E-state index contributed by atoms with van der Waals surface area (Å²) in [6, 6.07) is -0.120. The average Bonchev–Trinajstić information content (AvgIpc) is 2.12. The molecule has 0 aliphatic heterocycles. The van der Waals surface area contributed by atoms with Crippen molar-refractivity contribution in [3.8, 4) is 0 Å². The zero-order valence-electron chi connectivity index (χ0n) is 11.8. The summed E-state index contributed by atoms with van der Waals surface area (Å²) in [6.07, 6.45) is 0.985. The molecule has 0 aliphatic carbocycles. The highest BCUT2D eigenvalue weighted by Crippen LogP contribution is 2.15. The highest BCUT2D eigenvalue weighted by molar-refractivity contribution is 5.76. The van der Waals surface area contributed by atoms with Crippen LogP contribution in [0.2, 0.25) is 0 Å². The molecule has 0 fully saturated rings. The van der Waals surface area contributed by atoms with Crippen LogP contribution in [0.15, 0.2) is 0 Å². The van der Waals surface area contributed by atoms with Gasteiger partial charge in [-0.1, -0.05) is 27.7 Å². The van der Waals surface area contributed by atoms with Gasteiger partial charge in [-0.25, -0.2) is 0 Å². The van der Waals surface area contributed by atoms with E-state index in [9.17, 15) is 9.90 Å². The quantitative estimate of drug-likeness (QED) is 0.631. The first kappa shape index (κ1) is 16.4. The fraction of sp³-hybridized carbons (Fsp3) is 0.923. The van der Waals surface area contributed by atoms with Crippen LogP contribution < -0.4 is 11.1 Å². The fourth-order valence-corrected chi connectivity index (χ4v) is 1.76. The maximum atomic E-state index is 11.6. The van der Waals surface area contributed by atoms with Crippen molar-refractivity contribution in [3.63, 3.8) is 0 Å². The monoisotopic (exact) mass is 244 g/mol. The number of aliphatic hydroxyl groups is 1. The lowest BCUT2D eigenvalue weighted by atomic mass is 9.94. The molecule has 0 radical (unpaired) electrons. The predicted octanol–water partition coefficient (Wildman–Crippen LogP) is 1.27. The number of hydrogen-bond donors (Lipinski definition) is 3. The molecule has 2 unspecified atom stereocenters. The molecule has 0 aromatic carbocycles. The first-order chi connectivity index (χ1) is 7.64. The molecule has 4 nitrogen and oxygen atoms in total. The van der Waals surface area contributed by atoms with E-state index in [1.165, 1.54) is 0 Å². The van der Waals surface area contributed by atoms with Gasteiger partial charge in [0.1, 0.15) is 0 Å². The Labute approximate surface area is 105 Å². The van der Waals surface area contributed by atoms with Gasteiger partial charge in [-0.15, -0.1) is 0 Å². The van der Waals surface area contributed by atoms with E-state index in [1.807, 2.05) is 27.7 Å². The number of carbonyl (C=O) groups excluding carboxylic acids is 1. The highest BCUT2D eigenvalue weighted by atomic mass is 16.3. The lowest BCUT2D eigenvalue weighted by Crippen LogP contribution is -2.43. The van der Waals surface area contributed by atoms with E-state index in [4.69, 9.17) is 5.73 Å². The summed E-state index contributed by atoms with van der Waals surface area (Å²) < 4.78 is 0. The van der Waals surface area contributed by atoms with Crippen molar-refractivity contribution in [2.45, 2.75) is 59.1 Å². The van der Waals surface area contributed by atoms with E-state index in [2.05, 4.69) is 5.32 Å². The van der Waals surface area contributed by atoms with Gasteiger partial charge in [0.15, 0.2) is 0 Å². The minimum Gasteiger partial charge on any atom is -0.388 e. The van der Waals surface area contributed by atoms with Crippen LogP contribution in [0.3, 0.4) is 0 Å². The number of amides is 1. The Hall–Kier alpha value is -0.610. The summed E-state index contributed by atoms with van der Waals surface area (Å²) in [4.78, 5) is 11.6. The topological polar surface area (TPSA) is 75.3 Å². The largest absolute Gasteiger partial charge is 0.388 e. The minimum atomic E-state index is -0.842. The van der Waals surface area contributed by atoms with Crippen molar-refractivity contribution in [1.82, 2.24) is 5.32 Å². The molecule has 0 aromatic rings. The molecule has 0 saturated heterocycles. The van der Waals surface area contributed by atoms with Crippen molar-refractivity contribution in [1.29, 1.82) is 0 Å². The van der Waals surface area contributed by atoms with Crippen LogP contribution in [0.4, 0.5) is 0 Å². The van der Waals surface area contributed by atoms with Crippen molar-refractivity contribution in [2.75, 3.05) is 6.54 Å². The van der Waals surface area contributed by atoms with Crippen LogP contribution in [0.5, 0.6) is 0 Å². The van der Waals surface area contributed by atoms with Gasteiger partial charge in [0, 0.05) is 19.0 Å². The third-order valence-electron chi connectivity index (χ3n) is 2.79. The molecule has 102 valence electrons. The minimum absolute atomic E-state index is 0.0877. The van der Waals surface area contributed by atoms with E-state index in [1.54, 1.807) is 6.92 Å². The molecule has 4 N–H and O–H groups in total. The summed E-state index contributed by atoms with van der Waals surface area (Å²) in [5.74, 6) is 0.604. The lowest BCUT2D eigenvalue weighted by Gasteiger charge is -2.26. The highest BCUT2D eigenvalue weighted by Gasteiger charge is 2.23. The fourth-order valence-electron chi connectivity index (χ4n) is 1.76. The molecule has 0 spiro atoms. The van der Waals surface area contributed by atoms with Gasteiger partial charge >= 0.3 is 0 Å². The Morgan fingerprint density at radius 1 is 1.35 bits per heavy atom. The molecule has 0 rings (SSSR count). The summed E-state index contributed by atoms with van der Waals surface area (Å²) in [5, 5.41) is 12.8. The Balaban J connectivity index is 3.99. The first-order valence-electron chi connectivity index (χ1n) is 6.38. The summed E-state index contributed by atoms with van der Waals surface area (Å²) in [7, 11) is 0. The second kappa shape index (κ2) is 6.97. The van der Waals surface area contributed by atoms with Crippen LogP contribution >= 0.6 is 0 Å². The smallest absolute Gasteiger partial charge is 0.221 e. The Morgan fingerprint density at radius 3 is 2.29 bits per heavy atom. The molecular formula is C13H28N2O2. The van der Waals surface area contributed by atoms with Crippen LogP contribution in [0, 0.1) is 11.8 Å². The molecule has 0 aliphatic rings. The third kappa shape index (κ3) is 8.16. The third-order valence-corrected chi connectivity index (χ3v) is 2.79. The van der Waals surface area contributed by atoms with Gasteiger partial charge in [0.05, 0.1) is 5.60 Å². The second-order valence-corrected chi connectivity index (χ2v) is 5.98. The molecule has 2 atom stereocenters. The van der Waals surface area contributed by atoms with Gasteiger partial charge in [0.2, 0.25) is 5.91 Å². The normalized spacial score (nSPS) is 17.0. The van der Waals surface area contributed by atoms with E-state index in [0.717, 1.165) is 0 Å². The molecular weight excluding hydrogens is 216 g/mol. The lowest BCUT2D eigenvalue weighted by molar-refractivity contribution is -0.122. The zero-order valence-corrected chi connectivity index (χ0v) is 11.8. The standard InChI is InChI=1S/C13H28N2O2/c1-9(2)7-13(5,17)8-15-12(16)6-11(14)10(3)4/h9-11,17H,6-8,14H2,1-5H3,(H,15,16). The van der Waals surface area contributed by atoms with Crippen LogP contribution in [0.25, 0.3) is 0 Å². The molecule has 0 heterocycles. The van der Waals surface area contributed by atoms with E-state index < -0.39 is 5.60 Å². The van der Waals surface area contributed by atoms with Crippen molar-refractivity contribution in [2.24, 2.45) is 17.6 Å². The predicted molar refractivity (Wildman–Crippen MR) is 70.5 cm³/mol. The maximum absolute atomic E-state index is 11.6. The number of rotatable bonds is 7. The molecule has 17 heavy (non-hydrogen) atoms. The van der Waals surface area contributed by atoms with E-state index in [-0.39, 0.29) is 24.4 Å². The SMILES string of the molecule is CC(C)CC(C)(O)CNC(=O)CC(N)C(C)C. The molecule has 0 aromatic heterocycles. The number of carbonyl (C=O) groups is 1. The first-order valence-corrected chi connectivity index (χ1v) is 6.38. The zero-order chi connectivity index (χ0) is 13.6. The van der Waals surface area contributed by atoms with Crippen molar-refractivity contribution >= 4 is 5.91 Å². The van der Waals surface area contributed by atoms with Crippen molar-refractivity contribution in [3.05, 3.63) is 0 Å². The van der Waals surface area contributed by atoms with Gasteiger partial charge in [0.25, 0.3) is 0 Å². The van der Waals surface area contributed by atoms with E-state index >= 15 is 0 Å². The summed E-state index contributed by atoms with van der Waals surface area (Å²) in [6.45, 7) is 10.1. The number of hydrogen-bond acceptors (Lipinski definition) is 3. The Kier molecular flexibility index (Phi) is 6.72. The summed E-state index contributed by atoms with van der Waals surface area (Å²) in [5.41, 5.74) is 4.97.